The fourth-order valence-corrected chi connectivity index (χ4v) is 1.02. The molecule has 3 aliphatic carbocycles. The molecule has 0 radical (unpaired) electrons. The van der Waals surface area contributed by atoms with Crippen molar-refractivity contribution in [2.45, 2.75) is 19.3 Å². The second-order valence-corrected chi connectivity index (χ2v) is 3.01. The van der Waals surface area contributed by atoms with Crippen LogP contribution in [0, 0.1) is 18.2 Å². The Morgan fingerprint density at radius 2 is 0.882 bits per heavy atom. The van der Waals surface area contributed by atoms with E-state index in [1.807, 2.05) is 36.5 Å². The largest absolute Gasteiger partial charge is 0.273 e. The van der Waals surface area contributed by atoms with Crippen LogP contribution in [-0.4, -0.2) is 0 Å². The summed E-state index contributed by atoms with van der Waals surface area (Å²) in [6.07, 6.45) is 30.0. The van der Waals surface area contributed by atoms with Gasteiger partial charge in [0.2, 0.25) is 0 Å². The molecule has 0 heterocycles. The molecule has 0 saturated heterocycles. The molecule has 0 fully saturated rings. The third-order valence-electron chi connectivity index (χ3n) is 1.76. The predicted molar refractivity (Wildman–Crippen MR) is 72.0 cm³/mol. The molecule has 3 aliphatic rings. The minimum absolute atomic E-state index is 0. The molecule has 0 aromatic heterocycles. The molecule has 3 rings (SSSR count). The minimum Gasteiger partial charge on any atom is -0.273 e. The van der Waals surface area contributed by atoms with E-state index in [-0.39, 0.29) is 38.3 Å². The second-order valence-electron chi connectivity index (χ2n) is 3.01. The summed E-state index contributed by atoms with van der Waals surface area (Å²) in [6.45, 7) is 0. The Hall–Kier alpha value is -0.400. The van der Waals surface area contributed by atoms with Crippen LogP contribution in [0.1, 0.15) is 19.3 Å². The molecule has 0 unspecified atom stereocenters. The summed E-state index contributed by atoms with van der Waals surface area (Å²) in [5.74, 6) is 0. The van der Waals surface area contributed by atoms with Gasteiger partial charge in [-0.25, -0.2) is 36.5 Å². The number of rotatable bonds is 0. The van der Waals surface area contributed by atoms with Crippen molar-refractivity contribution in [3.05, 3.63) is 72.9 Å². The SMILES string of the molecule is Cl.[C-]1=CC=CC1.[C-]1=CC=CC1.[C-]1=CC=CC1.[Hf]. The normalized spacial score (nSPS) is 15.5. The van der Waals surface area contributed by atoms with Crippen molar-refractivity contribution in [2.75, 3.05) is 0 Å². The Morgan fingerprint density at radius 3 is 0.941 bits per heavy atom. The van der Waals surface area contributed by atoms with Crippen LogP contribution in [-0.2, 0) is 25.8 Å². The van der Waals surface area contributed by atoms with Gasteiger partial charge in [0, 0.05) is 25.8 Å². The molecule has 0 amide bonds. The van der Waals surface area contributed by atoms with E-state index < -0.39 is 0 Å². The van der Waals surface area contributed by atoms with Crippen molar-refractivity contribution in [1.82, 2.24) is 0 Å². The van der Waals surface area contributed by atoms with E-state index in [2.05, 4.69) is 36.5 Å². The van der Waals surface area contributed by atoms with Crippen LogP contribution < -0.4 is 0 Å². The molecule has 17 heavy (non-hydrogen) atoms. The van der Waals surface area contributed by atoms with Gasteiger partial charge in [-0.3, -0.25) is 18.2 Å². The zero-order valence-electron chi connectivity index (χ0n) is 9.73. The maximum Gasteiger partial charge on any atom is 0 e. The fourth-order valence-electron chi connectivity index (χ4n) is 1.02. The zero-order chi connectivity index (χ0) is 10.6. The average molecular weight is 410 g/mol. The van der Waals surface area contributed by atoms with E-state index in [9.17, 15) is 0 Å². The van der Waals surface area contributed by atoms with Crippen molar-refractivity contribution >= 4 is 12.4 Å². The third-order valence-corrected chi connectivity index (χ3v) is 1.76. The first kappa shape index (κ1) is 19.0. The van der Waals surface area contributed by atoms with E-state index in [1.54, 1.807) is 0 Å². The standard InChI is InChI=1S/3C5H5.ClH.Hf/c3*1-2-4-5-3-1;;/h3*1-3H,4H2;1H;/q3*-1;;. The molecule has 90 valence electrons. The molecular formula is C15H16ClHf-3. The van der Waals surface area contributed by atoms with E-state index in [0.717, 1.165) is 19.3 Å². The first-order chi connectivity index (χ1) is 7.50. The van der Waals surface area contributed by atoms with Crippen LogP contribution >= 0.6 is 12.4 Å². The fraction of sp³-hybridized carbons (Fsp3) is 0.200. The summed E-state index contributed by atoms with van der Waals surface area (Å²) >= 11 is 0. The Labute approximate surface area is 130 Å². The number of hydrogen-bond acceptors (Lipinski definition) is 0. The monoisotopic (exact) mass is 411 g/mol. The van der Waals surface area contributed by atoms with Gasteiger partial charge in [-0.1, -0.05) is 0 Å². The van der Waals surface area contributed by atoms with E-state index >= 15 is 0 Å². The maximum absolute atomic E-state index is 2.99. The first-order valence-electron chi connectivity index (χ1n) is 5.15. The van der Waals surface area contributed by atoms with Crippen LogP contribution in [0.2, 0.25) is 0 Å². The molecule has 0 nitrogen and oxygen atoms in total. The predicted octanol–water partition coefficient (Wildman–Crippen LogP) is 4.34. The van der Waals surface area contributed by atoms with Gasteiger partial charge in [0.05, 0.1) is 0 Å². The van der Waals surface area contributed by atoms with Gasteiger partial charge in [-0.2, -0.15) is 18.2 Å². The Bertz CT molecular complexity index is 238. The summed E-state index contributed by atoms with van der Waals surface area (Å²) in [6, 6.07) is 0. The first-order valence-corrected chi connectivity index (χ1v) is 5.15. The zero-order valence-corrected chi connectivity index (χ0v) is 14.1. The molecule has 0 aromatic rings. The van der Waals surface area contributed by atoms with Crippen LogP contribution in [0.15, 0.2) is 54.7 Å². The van der Waals surface area contributed by atoms with Gasteiger partial charge in [-0.05, 0) is 0 Å². The average Bonchev–Trinajstić information content (AvgIpc) is 3.09. The number of hydrogen-bond donors (Lipinski definition) is 0. The number of allylic oxidation sites excluding steroid dienone is 12. The molecule has 0 atom stereocenters. The molecule has 0 aliphatic heterocycles. The van der Waals surface area contributed by atoms with E-state index in [1.165, 1.54) is 0 Å². The van der Waals surface area contributed by atoms with E-state index in [0.29, 0.717) is 0 Å². The summed E-state index contributed by atoms with van der Waals surface area (Å²) in [5.41, 5.74) is 0. The summed E-state index contributed by atoms with van der Waals surface area (Å²) in [7, 11) is 0. The van der Waals surface area contributed by atoms with Gasteiger partial charge in [-0.15, -0.1) is 31.7 Å². The molecule has 0 saturated carbocycles. The molecule has 2 heteroatoms. The Morgan fingerprint density at radius 1 is 0.588 bits per heavy atom. The van der Waals surface area contributed by atoms with Crippen molar-refractivity contribution in [1.29, 1.82) is 0 Å². The van der Waals surface area contributed by atoms with E-state index in [4.69, 9.17) is 0 Å². The van der Waals surface area contributed by atoms with Crippen LogP contribution in [0.5, 0.6) is 0 Å². The topological polar surface area (TPSA) is 0 Å². The van der Waals surface area contributed by atoms with Gasteiger partial charge in [0.1, 0.15) is 0 Å². The molecule has 0 bridgehead atoms. The van der Waals surface area contributed by atoms with Gasteiger partial charge in [0.15, 0.2) is 0 Å². The second kappa shape index (κ2) is 15.6. The molecular weight excluding hydrogens is 394 g/mol. The maximum atomic E-state index is 2.99. The van der Waals surface area contributed by atoms with Gasteiger partial charge in [0.25, 0.3) is 0 Å². The van der Waals surface area contributed by atoms with Crippen LogP contribution in [0.25, 0.3) is 0 Å². The van der Waals surface area contributed by atoms with Crippen molar-refractivity contribution in [3.63, 3.8) is 0 Å². The minimum atomic E-state index is 0. The molecule has 0 aromatic carbocycles. The Kier molecular flexibility index (Phi) is 17.4. The van der Waals surface area contributed by atoms with Crippen molar-refractivity contribution in [3.8, 4) is 0 Å². The summed E-state index contributed by atoms with van der Waals surface area (Å²) < 4.78 is 0. The van der Waals surface area contributed by atoms with Crippen LogP contribution in [0.3, 0.4) is 0 Å². The summed E-state index contributed by atoms with van der Waals surface area (Å²) in [4.78, 5) is 0. The van der Waals surface area contributed by atoms with Gasteiger partial charge < -0.3 is 0 Å². The quantitative estimate of drug-likeness (QED) is 0.412. The molecule has 0 N–H and O–H groups in total. The number of halogens is 1. The third kappa shape index (κ3) is 13.5. The van der Waals surface area contributed by atoms with Crippen molar-refractivity contribution < 1.29 is 25.8 Å². The van der Waals surface area contributed by atoms with Crippen LogP contribution in [0.4, 0.5) is 0 Å². The Balaban J connectivity index is 0. The van der Waals surface area contributed by atoms with Gasteiger partial charge >= 0.3 is 0 Å². The van der Waals surface area contributed by atoms with Crippen molar-refractivity contribution in [2.24, 2.45) is 0 Å². The smallest absolute Gasteiger partial charge is 0 e. The molecule has 0 spiro atoms. The summed E-state index contributed by atoms with van der Waals surface area (Å²) in [5, 5.41) is 0.